The van der Waals surface area contributed by atoms with Gasteiger partial charge in [-0.2, -0.15) is 13.2 Å². The Morgan fingerprint density at radius 2 is 1.93 bits per heavy atom. The molecule has 0 bridgehead atoms. The van der Waals surface area contributed by atoms with E-state index in [0.717, 1.165) is 0 Å². The van der Waals surface area contributed by atoms with Crippen LogP contribution in [0.2, 0.25) is 0 Å². The maximum atomic E-state index is 11.8. The number of hydrogen-bond acceptors (Lipinski definition) is 2. The molecule has 0 saturated heterocycles. The quantitative estimate of drug-likeness (QED) is 0.387. The maximum absolute atomic E-state index is 11.8. The van der Waals surface area contributed by atoms with Crippen molar-refractivity contribution in [1.82, 2.24) is 4.90 Å². The molecule has 84 valence electrons. The highest BCUT2D eigenvalue weighted by Gasteiger charge is 2.28. The zero-order valence-electron chi connectivity index (χ0n) is 8.01. The van der Waals surface area contributed by atoms with E-state index in [1.807, 2.05) is 0 Å². The molecule has 0 aliphatic heterocycles. The van der Waals surface area contributed by atoms with Gasteiger partial charge >= 0.3 is 6.18 Å². The van der Waals surface area contributed by atoms with Crippen LogP contribution < -0.4 is 11.5 Å². The van der Waals surface area contributed by atoms with E-state index >= 15 is 0 Å². The molecule has 0 aromatic carbocycles. The number of nitrogens with two attached hydrogens (primary N) is 2. The summed E-state index contributed by atoms with van der Waals surface area (Å²) in [7, 11) is 1.41. The van der Waals surface area contributed by atoms with E-state index in [2.05, 4.69) is 4.99 Å². The van der Waals surface area contributed by atoms with E-state index in [4.69, 9.17) is 11.5 Å². The van der Waals surface area contributed by atoms with Crippen molar-refractivity contribution in [3.63, 3.8) is 0 Å². The molecule has 0 atom stereocenters. The Kier molecular flexibility index (Phi) is 5.29. The second kappa shape index (κ2) is 5.69. The molecule has 0 aliphatic carbocycles. The lowest BCUT2D eigenvalue weighted by molar-refractivity contribution is -0.143. The van der Waals surface area contributed by atoms with Crippen LogP contribution in [0.4, 0.5) is 13.2 Å². The van der Waals surface area contributed by atoms with Crippen LogP contribution in [-0.2, 0) is 0 Å². The third-order valence-electron chi connectivity index (χ3n) is 1.44. The number of nitrogens with zero attached hydrogens (tertiary/aromatic N) is 2. The normalized spacial score (nSPS) is 11.8. The Morgan fingerprint density at radius 1 is 1.36 bits per heavy atom. The topological polar surface area (TPSA) is 67.6 Å². The lowest BCUT2D eigenvalue weighted by Gasteiger charge is -2.17. The van der Waals surface area contributed by atoms with Crippen LogP contribution in [0, 0.1) is 0 Å². The van der Waals surface area contributed by atoms with Crippen LogP contribution in [-0.4, -0.2) is 43.7 Å². The molecule has 0 aliphatic rings. The molecular formula is C7H15F3N4. The van der Waals surface area contributed by atoms with E-state index in [-0.39, 0.29) is 5.96 Å². The van der Waals surface area contributed by atoms with Crippen molar-refractivity contribution in [1.29, 1.82) is 0 Å². The van der Waals surface area contributed by atoms with Crippen LogP contribution >= 0.6 is 0 Å². The molecule has 4 N–H and O–H groups in total. The van der Waals surface area contributed by atoms with Gasteiger partial charge in [0.1, 0.15) is 0 Å². The van der Waals surface area contributed by atoms with Crippen molar-refractivity contribution in [2.45, 2.75) is 12.6 Å². The minimum atomic E-state index is -4.15. The number of rotatable bonds is 5. The van der Waals surface area contributed by atoms with Crippen LogP contribution in [0.15, 0.2) is 4.99 Å². The minimum absolute atomic E-state index is 0.0384. The van der Waals surface area contributed by atoms with E-state index in [0.29, 0.717) is 19.5 Å². The molecule has 4 nitrogen and oxygen atoms in total. The van der Waals surface area contributed by atoms with Crippen molar-refractivity contribution < 1.29 is 13.2 Å². The van der Waals surface area contributed by atoms with Gasteiger partial charge < -0.3 is 11.5 Å². The lowest BCUT2D eigenvalue weighted by Crippen LogP contribution is -2.32. The minimum Gasteiger partial charge on any atom is -0.370 e. The first kappa shape index (κ1) is 13.0. The van der Waals surface area contributed by atoms with Crippen LogP contribution in [0.25, 0.3) is 0 Å². The zero-order chi connectivity index (χ0) is 11.2. The summed E-state index contributed by atoms with van der Waals surface area (Å²) in [5.74, 6) is -0.0384. The van der Waals surface area contributed by atoms with E-state index in [1.54, 1.807) is 0 Å². The Labute approximate surface area is 80.8 Å². The third-order valence-corrected chi connectivity index (χ3v) is 1.44. The Balaban J connectivity index is 3.55. The van der Waals surface area contributed by atoms with Crippen molar-refractivity contribution in [3.05, 3.63) is 0 Å². The second-order valence-corrected chi connectivity index (χ2v) is 3.01. The van der Waals surface area contributed by atoms with Gasteiger partial charge in [0.15, 0.2) is 5.96 Å². The summed E-state index contributed by atoms with van der Waals surface area (Å²) in [6.45, 7) is -0.240. The highest BCUT2D eigenvalue weighted by molar-refractivity contribution is 5.75. The average Bonchev–Trinajstić information content (AvgIpc) is 1.94. The van der Waals surface area contributed by atoms with Crippen molar-refractivity contribution >= 4 is 5.96 Å². The molecule has 0 aromatic heterocycles. The summed E-state index contributed by atoms with van der Waals surface area (Å²) in [6.07, 6.45) is -3.64. The Hall–Kier alpha value is -0.980. The molecule has 0 fully saturated rings. The van der Waals surface area contributed by atoms with E-state index < -0.39 is 12.7 Å². The molecule has 0 aromatic rings. The molecule has 14 heavy (non-hydrogen) atoms. The van der Waals surface area contributed by atoms with Gasteiger partial charge in [0.2, 0.25) is 0 Å². The predicted octanol–water partition coefficient (Wildman–Crippen LogP) is 0.144. The highest BCUT2D eigenvalue weighted by Crippen LogP contribution is 2.15. The molecular weight excluding hydrogens is 197 g/mol. The van der Waals surface area contributed by atoms with Crippen LogP contribution in [0.3, 0.4) is 0 Å². The third kappa shape index (κ3) is 9.11. The molecule has 0 radical (unpaired) electrons. The molecule has 0 saturated carbocycles. The van der Waals surface area contributed by atoms with E-state index in [1.165, 1.54) is 11.9 Å². The number of guanidine groups is 1. The van der Waals surface area contributed by atoms with Gasteiger partial charge in [-0.1, -0.05) is 0 Å². The largest absolute Gasteiger partial charge is 0.401 e. The summed E-state index contributed by atoms with van der Waals surface area (Å²) in [5, 5.41) is 0. The van der Waals surface area contributed by atoms with Gasteiger partial charge in [-0.05, 0) is 20.0 Å². The molecule has 0 amide bonds. The lowest BCUT2D eigenvalue weighted by atomic mass is 10.4. The van der Waals surface area contributed by atoms with Crippen LogP contribution in [0.1, 0.15) is 6.42 Å². The molecule has 0 rings (SSSR count). The van der Waals surface area contributed by atoms with Crippen molar-refractivity contribution in [3.8, 4) is 0 Å². The predicted molar refractivity (Wildman–Crippen MR) is 48.8 cm³/mol. The molecule has 7 heteroatoms. The number of aliphatic imine (C=N–C) groups is 1. The summed E-state index contributed by atoms with van der Waals surface area (Å²) in [5.41, 5.74) is 10.1. The SMILES string of the molecule is CN(CCCN=C(N)N)CC(F)(F)F. The number of hydrogen-bond donors (Lipinski definition) is 2. The monoisotopic (exact) mass is 212 g/mol. The summed E-state index contributed by atoms with van der Waals surface area (Å²) >= 11 is 0. The fourth-order valence-electron chi connectivity index (χ4n) is 0.934. The van der Waals surface area contributed by atoms with Gasteiger partial charge in [0.05, 0.1) is 6.54 Å². The second-order valence-electron chi connectivity index (χ2n) is 3.01. The van der Waals surface area contributed by atoms with Gasteiger partial charge in [-0.3, -0.25) is 9.89 Å². The van der Waals surface area contributed by atoms with Gasteiger partial charge in [-0.25, -0.2) is 0 Å². The maximum Gasteiger partial charge on any atom is 0.401 e. The molecule has 0 heterocycles. The van der Waals surface area contributed by atoms with Crippen LogP contribution in [0.5, 0.6) is 0 Å². The first-order chi connectivity index (χ1) is 6.31. The smallest absolute Gasteiger partial charge is 0.370 e. The average molecular weight is 212 g/mol. The fourth-order valence-corrected chi connectivity index (χ4v) is 0.934. The fraction of sp³-hybridized carbons (Fsp3) is 0.857. The van der Waals surface area contributed by atoms with E-state index in [9.17, 15) is 13.2 Å². The van der Waals surface area contributed by atoms with Gasteiger partial charge in [0, 0.05) is 6.54 Å². The highest BCUT2D eigenvalue weighted by atomic mass is 19.4. The summed E-state index contributed by atoms with van der Waals surface area (Å²) < 4.78 is 35.5. The zero-order valence-corrected chi connectivity index (χ0v) is 8.01. The first-order valence-corrected chi connectivity index (χ1v) is 4.12. The Bertz CT molecular complexity index is 186. The van der Waals surface area contributed by atoms with Crippen molar-refractivity contribution in [2.75, 3.05) is 26.7 Å². The van der Waals surface area contributed by atoms with Gasteiger partial charge in [0.25, 0.3) is 0 Å². The van der Waals surface area contributed by atoms with Crippen molar-refractivity contribution in [2.24, 2.45) is 16.5 Å². The standard InChI is InChI=1S/C7H15F3N4/c1-14(5-7(8,9)10)4-2-3-13-6(11)12/h2-5H2,1H3,(H4,11,12,13). The summed E-state index contributed by atoms with van der Waals surface area (Å²) in [6, 6.07) is 0. The van der Waals surface area contributed by atoms with Gasteiger partial charge in [-0.15, -0.1) is 0 Å². The molecule has 0 spiro atoms. The molecule has 0 unspecified atom stereocenters. The summed E-state index contributed by atoms with van der Waals surface area (Å²) in [4.78, 5) is 4.84. The number of halogens is 3. The number of alkyl halides is 3. The first-order valence-electron chi connectivity index (χ1n) is 4.12. The Morgan fingerprint density at radius 3 is 2.36 bits per heavy atom.